The van der Waals surface area contributed by atoms with E-state index in [0.717, 1.165) is 18.4 Å². The van der Waals surface area contributed by atoms with Crippen LogP contribution in [0.2, 0.25) is 0 Å². The minimum absolute atomic E-state index is 0.177. The molecule has 2 aromatic carbocycles. The molecular weight excluding hydrogens is 548 g/mol. The van der Waals surface area contributed by atoms with Crippen molar-refractivity contribution < 1.29 is 28.7 Å². The highest BCUT2D eigenvalue weighted by atomic mass is 16.5. The van der Waals surface area contributed by atoms with Gasteiger partial charge in [-0.05, 0) is 62.6 Å². The lowest BCUT2D eigenvalue weighted by Gasteiger charge is -2.36. The number of hydrogen-bond acceptors (Lipinski definition) is 6. The molecule has 4 amide bonds. The third-order valence-corrected chi connectivity index (χ3v) is 8.74. The number of rotatable bonds is 8. The average Bonchev–Trinajstić information content (AvgIpc) is 3.71. The maximum atomic E-state index is 13.9. The Hall–Kier alpha value is -4.21. The lowest BCUT2D eigenvalue weighted by Crippen LogP contribution is -2.65. The predicted molar refractivity (Wildman–Crippen MR) is 159 cm³/mol. The lowest BCUT2D eigenvalue weighted by atomic mass is 9.93. The standard InChI is InChI=1S/C33H40N4O6/c38-28-25(16-7-10-21-43-31(41)24-14-5-2-6-15-24)34-29(39)27-17-11-20-37(27)30(40)26(22-23-12-3-1-4-13-23)35-32(42)33(36-28)18-8-9-19-33/h1-6,12-15,25-27H,7-11,16-22H2,(H,34,39)(H,35,42)(H,36,38)/t25-,26-,27+/m0/s1. The first kappa shape index (κ1) is 30.3. The molecule has 10 heteroatoms. The summed E-state index contributed by atoms with van der Waals surface area (Å²) in [5.41, 5.74) is 0.215. The Labute approximate surface area is 251 Å². The molecule has 228 valence electrons. The first-order chi connectivity index (χ1) is 20.9. The number of nitrogens with one attached hydrogen (secondary N) is 3. The minimum atomic E-state index is -1.15. The summed E-state index contributed by atoms with van der Waals surface area (Å²) in [6.07, 6.45) is 5.18. The van der Waals surface area contributed by atoms with E-state index in [9.17, 15) is 24.0 Å². The van der Waals surface area contributed by atoms with Gasteiger partial charge in [-0.1, -0.05) is 61.4 Å². The first-order valence-corrected chi connectivity index (χ1v) is 15.4. The van der Waals surface area contributed by atoms with E-state index in [4.69, 9.17) is 4.74 Å². The van der Waals surface area contributed by atoms with E-state index >= 15 is 0 Å². The summed E-state index contributed by atoms with van der Waals surface area (Å²) in [4.78, 5) is 68.8. The zero-order valence-electron chi connectivity index (χ0n) is 24.4. The molecular formula is C33H40N4O6. The van der Waals surface area contributed by atoms with Crippen LogP contribution in [-0.2, 0) is 30.3 Å². The van der Waals surface area contributed by atoms with Gasteiger partial charge in [-0.25, -0.2) is 4.79 Å². The van der Waals surface area contributed by atoms with Gasteiger partial charge in [-0.15, -0.1) is 0 Å². The number of hydrogen-bond donors (Lipinski definition) is 3. The molecule has 3 fully saturated rings. The van der Waals surface area contributed by atoms with Gasteiger partial charge in [0.15, 0.2) is 0 Å². The van der Waals surface area contributed by atoms with E-state index in [1.807, 2.05) is 36.4 Å². The number of carbonyl (C=O) groups is 5. The first-order valence-electron chi connectivity index (χ1n) is 15.4. The number of esters is 1. The van der Waals surface area contributed by atoms with Crippen LogP contribution < -0.4 is 16.0 Å². The van der Waals surface area contributed by atoms with Gasteiger partial charge in [0.2, 0.25) is 23.6 Å². The summed E-state index contributed by atoms with van der Waals surface area (Å²) in [5, 5.41) is 8.89. The molecule has 3 aliphatic rings. The van der Waals surface area contributed by atoms with Crippen LogP contribution in [0.15, 0.2) is 60.7 Å². The third kappa shape index (κ3) is 7.24. The largest absolute Gasteiger partial charge is 0.462 e. The van der Waals surface area contributed by atoms with Crippen LogP contribution in [-0.4, -0.2) is 71.3 Å². The molecule has 0 radical (unpaired) electrons. The quantitative estimate of drug-likeness (QED) is 0.321. The monoisotopic (exact) mass is 588 g/mol. The van der Waals surface area contributed by atoms with Crippen molar-refractivity contribution >= 4 is 29.6 Å². The molecule has 1 spiro atoms. The fourth-order valence-electron chi connectivity index (χ4n) is 6.37. The molecule has 0 unspecified atom stereocenters. The topological polar surface area (TPSA) is 134 Å². The van der Waals surface area contributed by atoms with Gasteiger partial charge in [-0.3, -0.25) is 19.2 Å². The lowest BCUT2D eigenvalue weighted by molar-refractivity contribution is -0.144. The number of fused-ring (bicyclic) bond motifs is 1. The summed E-state index contributed by atoms with van der Waals surface area (Å²) in [7, 11) is 0. The van der Waals surface area contributed by atoms with Crippen molar-refractivity contribution in [3.63, 3.8) is 0 Å². The van der Waals surface area contributed by atoms with Crippen molar-refractivity contribution in [2.75, 3.05) is 13.2 Å². The second-order valence-corrected chi connectivity index (χ2v) is 11.7. The maximum absolute atomic E-state index is 13.9. The smallest absolute Gasteiger partial charge is 0.338 e. The van der Waals surface area contributed by atoms with Crippen molar-refractivity contribution in [1.82, 2.24) is 20.9 Å². The fraction of sp³-hybridized carbons (Fsp3) is 0.485. The van der Waals surface area contributed by atoms with Crippen molar-refractivity contribution in [2.24, 2.45) is 0 Å². The van der Waals surface area contributed by atoms with E-state index in [-0.39, 0.29) is 30.7 Å². The molecule has 0 aromatic heterocycles. The number of ether oxygens (including phenoxy) is 1. The normalized spacial score (nSPS) is 23.9. The highest BCUT2D eigenvalue weighted by molar-refractivity contribution is 5.99. The molecule has 3 N–H and O–H groups in total. The van der Waals surface area contributed by atoms with E-state index in [0.29, 0.717) is 57.1 Å². The van der Waals surface area contributed by atoms with Gasteiger partial charge in [0.25, 0.3) is 0 Å². The van der Waals surface area contributed by atoms with Crippen molar-refractivity contribution in [1.29, 1.82) is 0 Å². The number of benzene rings is 2. The van der Waals surface area contributed by atoms with Crippen LogP contribution in [0.1, 0.15) is 73.7 Å². The Morgan fingerprint density at radius 3 is 2.26 bits per heavy atom. The number of nitrogens with zero attached hydrogens (tertiary/aromatic N) is 1. The Morgan fingerprint density at radius 1 is 0.837 bits per heavy atom. The molecule has 0 bridgehead atoms. The Morgan fingerprint density at radius 2 is 1.53 bits per heavy atom. The second kappa shape index (κ2) is 13.8. The number of unbranched alkanes of at least 4 members (excludes halogenated alkanes) is 1. The molecule has 5 rings (SSSR count). The van der Waals surface area contributed by atoms with Gasteiger partial charge in [-0.2, -0.15) is 0 Å². The molecule has 3 atom stereocenters. The van der Waals surface area contributed by atoms with Gasteiger partial charge in [0.05, 0.1) is 12.2 Å². The maximum Gasteiger partial charge on any atom is 0.338 e. The molecule has 2 saturated heterocycles. The van der Waals surface area contributed by atoms with Crippen LogP contribution in [0.3, 0.4) is 0 Å². The van der Waals surface area contributed by atoms with Crippen LogP contribution in [0.5, 0.6) is 0 Å². The van der Waals surface area contributed by atoms with Crippen LogP contribution >= 0.6 is 0 Å². The summed E-state index contributed by atoms with van der Waals surface area (Å²) in [6, 6.07) is 15.7. The molecule has 2 heterocycles. The second-order valence-electron chi connectivity index (χ2n) is 11.7. The third-order valence-electron chi connectivity index (χ3n) is 8.74. The zero-order valence-corrected chi connectivity index (χ0v) is 24.4. The van der Waals surface area contributed by atoms with Gasteiger partial charge in [0, 0.05) is 13.0 Å². The number of carbonyl (C=O) groups excluding carboxylic acids is 5. The molecule has 2 aliphatic heterocycles. The fourth-order valence-corrected chi connectivity index (χ4v) is 6.37. The molecule has 43 heavy (non-hydrogen) atoms. The van der Waals surface area contributed by atoms with Crippen LogP contribution in [0.25, 0.3) is 0 Å². The Kier molecular flexibility index (Phi) is 9.74. The van der Waals surface area contributed by atoms with E-state index in [1.54, 1.807) is 29.2 Å². The molecule has 10 nitrogen and oxygen atoms in total. The summed E-state index contributed by atoms with van der Waals surface area (Å²) in [6.45, 7) is 0.586. The van der Waals surface area contributed by atoms with E-state index in [2.05, 4.69) is 16.0 Å². The SMILES string of the molecule is O=C(OCCCC[C@@H]1NC(=O)[C@H]2CCCN2C(=O)[C@H](Cc2ccccc2)NC(=O)C2(CCCC2)NC1=O)c1ccccc1. The van der Waals surface area contributed by atoms with Gasteiger partial charge in [0.1, 0.15) is 23.7 Å². The van der Waals surface area contributed by atoms with Gasteiger partial charge < -0.3 is 25.6 Å². The van der Waals surface area contributed by atoms with Crippen molar-refractivity contribution in [3.8, 4) is 0 Å². The van der Waals surface area contributed by atoms with E-state index in [1.165, 1.54) is 0 Å². The predicted octanol–water partition coefficient (Wildman–Crippen LogP) is 2.66. The summed E-state index contributed by atoms with van der Waals surface area (Å²) >= 11 is 0. The van der Waals surface area contributed by atoms with Crippen molar-refractivity contribution in [3.05, 3.63) is 71.8 Å². The average molecular weight is 589 g/mol. The number of amides is 4. The van der Waals surface area contributed by atoms with Crippen LogP contribution in [0, 0.1) is 0 Å². The summed E-state index contributed by atoms with van der Waals surface area (Å²) < 4.78 is 5.36. The molecule has 1 saturated carbocycles. The molecule has 1 aliphatic carbocycles. The zero-order chi connectivity index (χ0) is 30.2. The van der Waals surface area contributed by atoms with Crippen LogP contribution in [0.4, 0.5) is 0 Å². The molecule has 2 aromatic rings. The minimum Gasteiger partial charge on any atom is -0.462 e. The Bertz CT molecular complexity index is 1310. The summed E-state index contributed by atoms with van der Waals surface area (Å²) in [5.74, 6) is -1.84. The highest BCUT2D eigenvalue weighted by Crippen LogP contribution is 2.31. The van der Waals surface area contributed by atoms with Crippen molar-refractivity contribution in [2.45, 2.75) is 87.9 Å². The van der Waals surface area contributed by atoms with Gasteiger partial charge >= 0.3 is 5.97 Å². The highest BCUT2D eigenvalue weighted by Gasteiger charge is 2.47. The Balaban J connectivity index is 1.31. The van der Waals surface area contributed by atoms with E-state index < -0.39 is 35.5 Å².